The van der Waals surface area contributed by atoms with E-state index in [1.807, 2.05) is 0 Å². The molecule has 1 aliphatic rings. The minimum absolute atomic E-state index is 0.421. The highest BCUT2D eigenvalue weighted by Gasteiger charge is 2.38. The molecule has 0 saturated carbocycles. The predicted octanol–water partition coefficient (Wildman–Crippen LogP) is 1.75. The summed E-state index contributed by atoms with van der Waals surface area (Å²) in [5.74, 6) is 0. The fourth-order valence-electron chi connectivity index (χ4n) is 1.37. The van der Waals surface area contributed by atoms with E-state index in [1.165, 1.54) is 4.90 Å². The van der Waals surface area contributed by atoms with E-state index in [4.69, 9.17) is 4.74 Å². The van der Waals surface area contributed by atoms with E-state index in [1.54, 1.807) is 39.8 Å². The van der Waals surface area contributed by atoms with E-state index in [0.29, 0.717) is 6.54 Å². The van der Waals surface area contributed by atoms with Gasteiger partial charge in [0, 0.05) is 6.54 Å². The van der Waals surface area contributed by atoms with Gasteiger partial charge in [0.05, 0.1) is 0 Å². The van der Waals surface area contributed by atoms with E-state index < -0.39 is 17.2 Å². The first kappa shape index (κ1) is 11.8. The van der Waals surface area contributed by atoms with Crippen LogP contribution in [0.1, 0.15) is 27.7 Å². The molecule has 0 spiro atoms. The second-order valence-electron chi connectivity index (χ2n) is 4.84. The molecule has 0 fully saturated rings. The molecule has 0 aromatic heterocycles. The van der Waals surface area contributed by atoms with Crippen molar-refractivity contribution in [1.82, 2.24) is 4.90 Å². The standard InChI is InChI=1S/C11H17NO3/c1-10(2,3)15-9(14)12-7-5-6-11(12,4)8-13/h5-6,8H,7H2,1-4H3. The van der Waals surface area contributed by atoms with Crippen molar-refractivity contribution in [2.24, 2.45) is 0 Å². The van der Waals surface area contributed by atoms with E-state index in [0.717, 1.165) is 6.29 Å². The maximum atomic E-state index is 11.7. The van der Waals surface area contributed by atoms with Crippen molar-refractivity contribution in [3.05, 3.63) is 12.2 Å². The van der Waals surface area contributed by atoms with Crippen LogP contribution in [0.5, 0.6) is 0 Å². The number of aldehydes is 1. The lowest BCUT2D eigenvalue weighted by Gasteiger charge is -2.31. The molecular weight excluding hydrogens is 194 g/mol. The van der Waals surface area contributed by atoms with Crippen molar-refractivity contribution in [1.29, 1.82) is 0 Å². The number of carbonyl (C=O) groups is 2. The second kappa shape index (κ2) is 3.68. The Hall–Kier alpha value is -1.32. The first-order valence-electron chi connectivity index (χ1n) is 4.93. The van der Waals surface area contributed by atoms with E-state index >= 15 is 0 Å². The maximum Gasteiger partial charge on any atom is 0.411 e. The van der Waals surface area contributed by atoms with Gasteiger partial charge in [0.25, 0.3) is 0 Å². The number of hydrogen-bond donors (Lipinski definition) is 0. The highest BCUT2D eigenvalue weighted by Crippen LogP contribution is 2.23. The van der Waals surface area contributed by atoms with Gasteiger partial charge >= 0.3 is 6.09 Å². The molecule has 1 atom stereocenters. The zero-order valence-corrected chi connectivity index (χ0v) is 9.61. The van der Waals surface area contributed by atoms with Crippen molar-refractivity contribution in [2.75, 3.05) is 6.54 Å². The second-order valence-corrected chi connectivity index (χ2v) is 4.84. The number of ether oxygens (including phenoxy) is 1. The third kappa shape index (κ3) is 2.58. The Balaban J connectivity index is 2.74. The Morgan fingerprint density at radius 1 is 1.53 bits per heavy atom. The van der Waals surface area contributed by atoms with E-state index in [-0.39, 0.29) is 0 Å². The smallest absolute Gasteiger partial charge is 0.411 e. The third-order valence-electron chi connectivity index (χ3n) is 2.18. The Labute approximate surface area is 89.9 Å². The van der Waals surface area contributed by atoms with Crippen LogP contribution in [0.2, 0.25) is 0 Å². The van der Waals surface area contributed by atoms with Gasteiger partial charge in [0.15, 0.2) is 0 Å². The molecule has 4 heteroatoms. The van der Waals surface area contributed by atoms with Gasteiger partial charge in [-0.3, -0.25) is 4.90 Å². The van der Waals surface area contributed by atoms with Crippen molar-refractivity contribution in [2.45, 2.75) is 38.8 Å². The summed E-state index contributed by atoms with van der Waals surface area (Å²) in [5.41, 5.74) is -1.40. The minimum Gasteiger partial charge on any atom is -0.444 e. The largest absolute Gasteiger partial charge is 0.444 e. The molecule has 1 rings (SSSR count). The molecule has 0 aromatic carbocycles. The average molecular weight is 211 g/mol. The SMILES string of the molecule is CC(C)(C)OC(=O)N1CC=CC1(C)C=O. The maximum absolute atomic E-state index is 11.7. The molecule has 0 bridgehead atoms. The van der Waals surface area contributed by atoms with Crippen LogP contribution in [-0.2, 0) is 9.53 Å². The summed E-state index contributed by atoms with van der Waals surface area (Å²) < 4.78 is 5.21. The molecule has 4 nitrogen and oxygen atoms in total. The Bertz CT molecular complexity index is 303. The summed E-state index contributed by atoms with van der Waals surface area (Å²) in [6.45, 7) is 7.50. The van der Waals surface area contributed by atoms with Crippen LogP contribution < -0.4 is 0 Å². The monoisotopic (exact) mass is 211 g/mol. The van der Waals surface area contributed by atoms with Gasteiger partial charge in [-0.25, -0.2) is 4.79 Å². The molecule has 0 aromatic rings. The third-order valence-corrected chi connectivity index (χ3v) is 2.18. The van der Waals surface area contributed by atoms with Crippen molar-refractivity contribution in [3.63, 3.8) is 0 Å². The molecule has 1 heterocycles. The zero-order chi connectivity index (χ0) is 11.7. The van der Waals surface area contributed by atoms with Crippen molar-refractivity contribution < 1.29 is 14.3 Å². The van der Waals surface area contributed by atoms with E-state index in [2.05, 4.69) is 0 Å². The Morgan fingerprint density at radius 2 is 2.13 bits per heavy atom. The topological polar surface area (TPSA) is 46.6 Å². The number of amides is 1. The van der Waals surface area contributed by atoms with Crippen LogP contribution in [0.3, 0.4) is 0 Å². The molecule has 1 aliphatic heterocycles. The summed E-state index contributed by atoms with van der Waals surface area (Å²) in [5, 5.41) is 0. The van der Waals surface area contributed by atoms with Crippen LogP contribution >= 0.6 is 0 Å². The molecule has 1 unspecified atom stereocenters. The first-order valence-corrected chi connectivity index (χ1v) is 4.93. The average Bonchev–Trinajstić information content (AvgIpc) is 2.45. The van der Waals surface area contributed by atoms with E-state index in [9.17, 15) is 9.59 Å². The van der Waals surface area contributed by atoms with Gasteiger partial charge in [-0.05, 0) is 27.7 Å². The number of rotatable bonds is 1. The predicted molar refractivity (Wildman–Crippen MR) is 56.5 cm³/mol. The number of nitrogens with zero attached hydrogens (tertiary/aromatic N) is 1. The summed E-state index contributed by atoms with van der Waals surface area (Å²) >= 11 is 0. The summed E-state index contributed by atoms with van der Waals surface area (Å²) in [6, 6.07) is 0. The lowest BCUT2D eigenvalue weighted by molar-refractivity contribution is -0.114. The summed E-state index contributed by atoms with van der Waals surface area (Å²) in [4.78, 5) is 24.1. The lowest BCUT2D eigenvalue weighted by Crippen LogP contribution is -2.48. The van der Waals surface area contributed by atoms with Crippen LogP contribution in [0.25, 0.3) is 0 Å². The Morgan fingerprint density at radius 3 is 2.60 bits per heavy atom. The molecule has 1 amide bonds. The van der Waals surface area contributed by atoms with Crippen LogP contribution in [0, 0.1) is 0 Å². The lowest BCUT2D eigenvalue weighted by atomic mass is 10.1. The highest BCUT2D eigenvalue weighted by atomic mass is 16.6. The molecule has 0 aliphatic carbocycles. The highest BCUT2D eigenvalue weighted by molar-refractivity contribution is 5.80. The minimum atomic E-state index is -0.859. The molecule has 15 heavy (non-hydrogen) atoms. The number of carbonyl (C=O) groups excluding carboxylic acids is 2. The van der Waals surface area contributed by atoms with Crippen LogP contribution in [0.15, 0.2) is 12.2 Å². The molecule has 0 radical (unpaired) electrons. The number of hydrogen-bond acceptors (Lipinski definition) is 3. The van der Waals surface area contributed by atoms with Gasteiger partial charge in [-0.1, -0.05) is 12.2 Å². The van der Waals surface area contributed by atoms with Crippen molar-refractivity contribution in [3.8, 4) is 0 Å². The van der Waals surface area contributed by atoms with Crippen molar-refractivity contribution >= 4 is 12.4 Å². The normalized spacial score (nSPS) is 25.5. The zero-order valence-electron chi connectivity index (χ0n) is 9.61. The fourth-order valence-corrected chi connectivity index (χ4v) is 1.37. The molecule has 84 valence electrons. The quantitative estimate of drug-likeness (QED) is 0.490. The van der Waals surface area contributed by atoms with Gasteiger partial charge in [-0.15, -0.1) is 0 Å². The summed E-state index contributed by atoms with van der Waals surface area (Å²) in [6.07, 6.45) is 3.80. The van der Waals surface area contributed by atoms with Gasteiger partial charge in [-0.2, -0.15) is 0 Å². The van der Waals surface area contributed by atoms with Crippen LogP contribution in [0.4, 0.5) is 4.79 Å². The first-order chi connectivity index (χ1) is 6.78. The van der Waals surface area contributed by atoms with Gasteiger partial charge < -0.3 is 9.53 Å². The molecular formula is C11H17NO3. The summed E-state index contributed by atoms with van der Waals surface area (Å²) in [7, 11) is 0. The van der Waals surface area contributed by atoms with Crippen LogP contribution in [-0.4, -0.2) is 35.0 Å². The fraction of sp³-hybridized carbons (Fsp3) is 0.636. The van der Waals surface area contributed by atoms with Gasteiger partial charge in [0.1, 0.15) is 17.4 Å². The van der Waals surface area contributed by atoms with Gasteiger partial charge in [0.2, 0.25) is 0 Å². The molecule has 0 N–H and O–H groups in total. The Kier molecular flexibility index (Phi) is 2.88. The molecule has 0 saturated heterocycles.